The minimum Gasteiger partial charge on any atom is -0.481 e. The van der Waals surface area contributed by atoms with E-state index in [1.807, 2.05) is 13.0 Å². The van der Waals surface area contributed by atoms with Crippen LogP contribution in [0.1, 0.15) is 43.0 Å². The van der Waals surface area contributed by atoms with Gasteiger partial charge in [-0.15, -0.1) is 11.3 Å². The van der Waals surface area contributed by atoms with Crippen molar-refractivity contribution in [2.45, 2.75) is 38.1 Å². The van der Waals surface area contributed by atoms with Crippen LogP contribution in [0, 0.1) is 8.80 Å². The van der Waals surface area contributed by atoms with Gasteiger partial charge >= 0.3 is 5.97 Å². The second kappa shape index (κ2) is 5.78. The Morgan fingerprint density at radius 3 is 2.84 bits per heavy atom. The van der Waals surface area contributed by atoms with E-state index >= 15 is 0 Å². The van der Waals surface area contributed by atoms with Crippen molar-refractivity contribution in [3.8, 4) is 0 Å². The van der Waals surface area contributed by atoms with Crippen molar-refractivity contribution in [1.29, 1.82) is 0 Å². The van der Waals surface area contributed by atoms with Crippen LogP contribution in [-0.2, 0) is 4.79 Å². The maximum Gasteiger partial charge on any atom is 0.308 e. The molecular formula is C13H16INO3S. The van der Waals surface area contributed by atoms with Crippen LogP contribution in [0.15, 0.2) is 11.4 Å². The standard InChI is InChI=1S/C13H16INO3S/c1-13(5-3-2-4-9(13)12(17)18)15-11(16)8-6-10(14)19-7-8/h6-7,9H,2-5H2,1H3,(H,15,16)(H,17,18). The highest BCUT2D eigenvalue weighted by molar-refractivity contribution is 14.1. The van der Waals surface area contributed by atoms with Gasteiger partial charge in [-0.2, -0.15) is 0 Å². The molecule has 0 aromatic carbocycles. The number of amides is 1. The molecule has 0 aliphatic heterocycles. The van der Waals surface area contributed by atoms with Crippen LogP contribution in [0.25, 0.3) is 0 Å². The van der Waals surface area contributed by atoms with Crippen molar-refractivity contribution in [2.75, 3.05) is 0 Å². The highest BCUT2D eigenvalue weighted by Gasteiger charge is 2.42. The summed E-state index contributed by atoms with van der Waals surface area (Å²) in [4.78, 5) is 23.5. The third-order valence-corrected chi connectivity index (χ3v) is 5.52. The van der Waals surface area contributed by atoms with Gasteiger partial charge in [-0.25, -0.2) is 0 Å². The van der Waals surface area contributed by atoms with Crippen molar-refractivity contribution >= 4 is 45.8 Å². The molecule has 2 atom stereocenters. The minimum absolute atomic E-state index is 0.171. The third kappa shape index (κ3) is 3.28. The molecule has 1 saturated carbocycles. The zero-order valence-corrected chi connectivity index (χ0v) is 13.6. The molecule has 2 unspecified atom stereocenters. The third-order valence-electron chi connectivity index (χ3n) is 3.73. The lowest BCUT2D eigenvalue weighted by Gasteiger charge is -2.39. The Kier molecular flexibility index (Phi) is 4.50. The second-order valence-corrected chi connectivity index (χ2v) is 7.95. The molecule has 1 amide bonds. The van der Waals surface area contributed by atoms with Crippen LogP contribution in [0.2, 0.25) is 0 Å². The van der Waals surface area contributed by atoms with E-state index in [1.54, 1.807) is 5.38 Å². The van der Waals surface area contributed by atoms with Gasteiger partial charge in [0.1, 0.15) is 0 Å². The van der Waals surface area contributed by atoms with Gasteiger partial charge in [0.15, 0.2) is 0 Å². The van der Waals surface area contributed by atoms with Crippen molar-refractivity contribution in [3.05, 3.63) is 19.9 Å². The molecule has 2 rings (SSSR count). The SMILES string of the molecule is CC1(NC(=O)c2csc(I)c2)CCCCC1C(=O)O. The first kappa shape index (κ1) is 14.8. The first-order valence-electron chi connectivity index (χ1n) is 6.22. The molecule has 1 aliphatic carbocycles. The van der Waals surface area contributed by atoms with Gasteiger partial charge in [0.2, 0.25) is 0 Å². The molecule has 0 saturated heterocycles. The Labute approximate surface area is 129 Å². The number of nitrogens with one attached hydrogen (secondary N) is 1. The molecule has 1 fully saturated rings. The fourth-order valence-electron chi connectivity index (χ4n) is 2.64. The Bertz CT molecular complexity index is 502. The normalized spacial score (nSPS) is 26.9. The van der Waals surface area contributed by atoms with Gasteiger partial charge in [0, 0.05) is 5.38 Å². The number of carboxylic acid groups (broad SMARTS) is 1. The average Bonchev–Trinajstić information content (AvgIpc) is 2.75. The van der Waals surface area contributed by atoms with Gasteiger partial charge in [-0.1, -0.05) is 12.8 Å². The van der Waals surface area contributed by atoms with E-state index < -0.39 is 17.4 Å². The molecular weight excluding hydrogens is 377 g/mol. The van der Waals surface area contributed by atoms with Crippen LogP contribution >= 0.6 is 33.9 Å². The zero-order valence-electron chi connectivity index (χ0n) is 10.6. The summed E-state index contributed by atoms with van der Waals surface area (Å²) >= 11 is 3.68. The lowest BCUT2D eigenvalue weighted by Crippen LogP contribution is -2.55. The quantitative estimate of drug-likeness (QED) is 0.776. The van der Waals surface area contributed by atoms with Crippen LogP contribution < -0.4 is 5.32 Å². The lowest BCUT2D eigenvalue weighted by molar-refractivity contribution is -0.145. The molecule has 19 heavy (non-hydrogen) atoms. The molecule has 4 nitrogen and oxygen atoms in total. The Morgan fingerprint density at radius 1 is 1.53 bits per heavy atom. The molecule has 0 spiro atoms. The predicted molar refractivity (Wildman–Crippen MR) is 82.5 cm³/mol. The predicted octanol–water partition coefficient (Wildman–Crippen LogP) is 3.12. The van der Waals surface area contributed by atoms with Gasteiger partial charge in [-0.05, 0) is 48.4 Å². The molecule has 104 valence electrons. The Balaban J connectivity index is 2.15. The molecule has 1 aromatic rings. The highest BCUT2D eigenvalue weighted by Crippen LogP contribution is 2.34. The van der Waals surface area contributed by atoms with Crippen molar-refractivity contribution in [2.24, 2.45) is 5.92 Å². The van der Waals surface area contributed by atoms with Crippen LogP contribution in [0.3, 0.4) is 0 Å². The number of hydrogen-bond acceptors (Lipinski definition) is 3. The summed E-state index contributed by atoms with van der Waals surface area (Å²) in [5, 5.41) is 14.1. The number of thiophene rings is 1. The van der Waals surface area contributed by atoms with E-state index in [1.165, 1.54) is 11.3 Å². The van der Waals surface area contributed by atoms with Crippen molar-refractivity contribution in [1.82, 2.24) is 5.32 Å². The molecule has 1 heterocycles. The second-order valence-electron chi connectivity index (χ2n) is 5.15. The molecule has 0 bridgehead atoms. The monoisotopic (exact) mass is 393 g/mol. The van der Waals surface area contributed by atoms with E-state index in [9.17, 15) is 14.7 Å². The van der Waals surface area contributed by atoms with E-state index in [0.29, 0.717) is 12.0 Å². The Hall–Kier alpha value is -0.630. The zero-order chi connectivity index (χ0) is 14.0. The summed E-state index contributed by atoms with van der Waals surface area (Å²) < 4.78 is 1.05. The van der Waals surface area contributed by atoms with Crippen molar-refractivity contribution in [3.63, 3.8) is 0 Å². The summed E-state index contributed by atoms with van der Waals surface area (Å²) in [7, 11) is 0. The van der Waals surface area contributed by atoms with E-state index in [-0.39, 0.29) is 5.91 Å². The number of rotatable bonds is 3. The van der Waals surface area contributed by atoms with E-state index in [0.717, 1.165) is 22.1 Å². The van der Waals surface area contributed by atoms with E-state index in [2.05, 4.69) is 27.9 Å². The summed E-state index contributed by atoms with van der Waals surface area (Å²) in [6.45, 7) is 1.85. The van der Waals surface area contributed by atoms with Gasteiger partial charge < -0.3 is 10.4 Å². The molecule has 1 aliphatic rings. The Morgan fingerprint density at radius 2 is 2.26 bits per heavy atom. The van der Waals surface area contributed by atoms with Crippen molar-refractivity contribution < 1.29 is 14.7 Å². The van der Waals surface area contributed by atoms with Gasteiger partial charge in [0.25, 0.3) is 5.91 Å². The molecule has 2 N–H and O–H groups in total. The van der Waals surface area contributed by atoms with Gasteiger partial charge in [0.05, 0.1) is 19.9 Å². The number of hydrogen-bond donors (Lipinski definition) is 2. The maximum atomic E-state index is 12.2. The number of carbonyl (C=O) groups is 2. The minimum atomic E-state index is -0.817. The van der Waals surface area contributed by atoms with Crippen LogP contribution in [0.4, 0.5) is 0 Å². The first-order valence-corrected chi connectivity index (χ1v) is 8.17. The van der Waals surface area contributed by atoms with Crippen LogP contribution in [0.5, 0.6) is 0 Å². The average molecular weight is 393 g/mol. The van der Waals surface area contributed by atoms with E-state index in [4.69, 9.17) is 0 Å². The smallest absolute Gasteiger partial charge is 0.308 e. The largest absolute Gasteiger partial charge is 0.481 e. The lowest BCUT2D eigenvalue weighted by atomic mass is 9.74. The summed E-state index contributed by atoms with van der Waals surface area (Å²) in [6, 6.07) is 1.82. The van der Waals surface area contributed by atoms with Gasteiger partial charge in [-0.3, -0.25) is 9.59 Å². The number of carbonyl (C=O) groups excluding carboxylic acids is 1. The fourth-order valence-corrected chi connectivity index (χ4v) is 3.97. The topological polar surface area (TPSA) is 66.4 Å². The number of halogens is 1. The fraction of sp³-hybridized carbons (Fsp3) is 0.538. The summed E-state index contributed by atoms with van der Waals surface area (Å²) in [6.07, 6.45) is 3.23. The molecule has 0 radical (unpaired) electrons. The number of carboxylic acids is 1. The van der Waals surface area contributed by atoms with Crippen LogP contribution in [-0.4, -0.2) is 22.5 Å². The highest BCUT2D eigenvalue weighted by atomic mass is 127. The number of aliphatic carboxylic acids is 1. The first-order chi connectivity index (χ1) is 8.92. The molecule has 1 aromatic heterocycles. The summed E-state index contributed by atoms with van der Waals surface area (Å²) in [5.41, 5.74) is -0.0283. The maximum absolute atomic E-state index is 12.2. The summed E-state index contributed by atoms with van der Waals surface area (Å²) in [5.74, 6) is -1.49. The molecule has 6 heteroatoms.